The molecule has 0 saturated heterocycles. The van der Waals surface area contributed by atoms with Gasteiger partial charge in [-0.25, -0.2) is 14.5 Å². The Morgan fingerprint density at radius 3 is 2.21 bits per heavy atom. The molecule has 1 heterocycles. The van der Waals surface area contributed by atoms with Crippen molar-refractivity contribution in [3.63, 3.8) is 0 Å². The van der Waals surface area contributed by atoms with E-state index in [1.807, 2.05) is 39.3 Å². The lowest BCUT2D eigenvalue weighted by molar-refractivity contribution is 0.256. The Morgan fingerprint density at radius 1 is 1.21 bits per heavy atom. The monoisotopic (exact) mass is 420 g/mol. The van der Waals surface area contributed by atoms with E-state index in [-0.39, 0.29) is 9.75 Å². The van der Waals surface area contributed by atoms with Crippen molar-refractivity contribution in [2.45, 2.75) is 57.2 Å². The number of benzene rings is 1. The zero-order valence-electron chi connectivity index (χ0n) is 16.6. The smallest absolute Gasteiger partial charge is 0.307 e. The van der Waals surface area contributed by atoms with Crippen LogP contribution in [0.15, 0.2) is 21.9 Å². The van der Waals surface area contributed by atoms with E-state index in [2.05, 4.69) is 16.4 Å². The summed E-state index contributed by atoms with van der Waals surface area (Å²) in [4.78, 5) is 16.6. The van der Waals surface area contributed by atoms with Crippen molar-refractivity contribution in [2.75, 3.05) is 5.32 Å². The number of anilines is 1. The molecule has 2 N–H and O–H groups in total. The molecule has 2 rings (SSSR count). The van der Waals surface area contributed by atoms with Crippen LogP contribution in [0.3, 0.4) is 0 Å². The van der Waals surface area contributed by atoms with Crippen LogP contribution in [0.2, 0.25) is 0 Å². The molecule has 150 valence electrons. The highest BCUT2D eigenvalue weighted by Crippen LogP contribution is 2.27. The molecular weight excluding hydrogens is 396 g/mol. The maximum atomic E-state index is 12.5. The lowest BCUT2D eigenvalue weighted by atomic mass is 9.93. The second kappa shape index (κ2) is 8.29. The van der Waals surface area contributed by atoms with Crippen molar-refractivity contribution < 1.29 is 13.2 Å². The summed E-state index contributed by atoms with van der Waals surface area (Å²) in [5, 5.41) is 13.5. The zero-order valence-corrected chi connectivity index (χ0v) is 18.2. The van der Waals surface area contributed by atoms with Gasteiger partial charge in [-0.15, -0.1) is 11.3 Å². The molecule has 9 heteroatoms. The second-order valence-corrected chi connectivity index (χ2v) is 10.0. The minimum atomic E-state index is -4.08. The zero-order chi connectivity index (χ0) is 21.1. The minimum Gasteiger partial charge on any atom is -0.307 e. The molecule has 0 unspecified atom stereocenters. The first kappa shape index (κ1) is 21.9. The number of carbonyl (C=O) groups is 1. The molecule has 1 aromatic heterocycles. The summed E-state index contributed by atoms with van der Waals surface area (Å²) < 4.78 is 26.9. The van der Waals surface area contributed by atoms with Crippen molar-refractivity contribution >= 4 is 33.1 Å². The molecule has 0 bridgehead atoms. The number of urea groups is 1. The summed E-state index contributed by atoms with van der Waals surface area (Å²) in [5.74, 6) is 0. The lowest BCUT2D eigenvalue weighted by Crippen LogP contribution is -2.35. The first-order valence-electron chi connectivity index (χ1n) is 8.87. The van der Waals surface area contributed by atoms with E-state index in [1.165, 1.54) is 0 Å². The predicted octanol–water partition coefficient (Wildman–Crippen LogP) is 3.95. The highest BCUT2D eigenvalue weighted by Gasteiger charge is 2.26. The third-order valence-corrected chi connectivity index (χ3v) is 6.73. The summed E-state index contributed by atoms with van der Waals surface area (Å²) in [5.41, 5.74) is 2.93. The number of nitrogens with zero attached hydrogens (tertiary/aromatic N) is 2. The van der Waals surface area contributed by atoms with Crippen molar-refractivity contribution in [3.05, 3.63) is 39.9 Å². The molecule has 0 atom stereocenters. The minimum absolute atomic E-state index is 0.154. The van der Waals surface area contributed by atoms with Gasteiger partial charge in [0.2, 0.25) is 4.34 Å². The van der Waals surface area contributed by atoms with Crippen LogP contribution in [0.25, 0.3) is 0 Å². The summed E-state index contributed by atoms with van der Waals surface area (Å²) in [6.07, 6.45) is 1.18. The fourth-order valence-corrected chi connectivity index (χ4v) is 4.73. The van der Waals surface area contributed by atoms with Gasteiger partial charge in [-0.2, -0.15) is 13.7 Å². The molecule has 1 aromatic carbocycles. The van der Waals surface area contributed by atoms with Gasteiger partial charge < -0.3 is 5.32 Å². The standard InChI is InChI=1S/C19H24N4O3S2/c1-6-13-8-12(10-20)9-14(7-2)16(13)22-17(24)23-28(25,26)18-21-15(11-27-18)19(3,4)5/h8-9,11H,6-7H2,1-5H3,(H2,22,23,24). The maximum Gasteiger partial charge on any atom is 0.333 e. The van der Waals surface area contributed by atoms with Gasteiger partial charge in [0, 0.05) is 16.5 Å². The van der Waals surface area contributed by atoms with E-state index in [1.54, 1.807) is 17.5 Å². The Hall–Kier alpha value is -2.44. The van der Waals surface area contributed by atoms with Gasteiger partial charge in [-0.05, 0) is 36.1 Å². The summed E-state index contributed by atoms with van der Waals surface area (Å²) >= 11 is 0.974. The number of sulfonamides is 1. The number of hydrogen-bond donors (Lipinski definition) is 2. The average molecular weight is 421 g/mol. The molecule has 2 amide bonds. The van der Waals surface area contributed by atoms with Crippen molar-refractivity contribution in [1.82, 2.24) is 9.71 Å². The van der Waals surface area contributed by atoms with Crippen LogP contribution >= 0.6 is 11.3 Å². The van der Waals surface area contributed by atoms with Crippen LogP contribution < -0.4 is 10.0 Å². The first-order valence-corrected chi connectivity index (χ1v) is 11.2. The largest absolute Gasteiger partial charge is 0.333 e. The molecule has 0 aliphatic heterocycles. The number of nitriles is 1. The molecule has 0 radical (unpaired) electrons. The van der Waals surface area contributed by atoms with E-state index in [9.17, 15) is 13.2 Å². The topological polar surface area (TPSA) is 112 Å². The van der Waals surface area contributed by atoms with Crippen molar-refractivity contribution in [2.24, 2.45) is 0 Å². The van der Waals surface area contributed by atoms with Gasteiger partial charge in [-0.1, -0.05) is 34.6 Å². The fourth-order valence-electron chi connectivity index (χ4n) is 2.58. The number of thiazole rings is 1. The molecule has 0 fully saturated rings. The first-order chi connectivity index (χ1) is 13.0. The molecule has 28 heavy (non-hydrogen) atoms. The number of nitrogens with one attached hydrogen (secondary N) is 2. The average Bonchev–Trinajstić information content (AvgIpc) is 3.12. The number of rotatable bonds is 5. The van der Waals surface area contributed by atoms with Crippen LogP contribution in [-0.2, 0) is 28.3 Å². The summed E-state index contributed by atoms with van der Waals surface area (Å²) in [6, 6.07) is 4.63. The van der Waals surface area contributed by atoms with Crippen LogP contribution in [0, 0.1) is 11.3 Å². The number of aromatic nitrogens is 1. The highest BCUT2D eigenvalue weighted by molar-refractivity contribution is 7.92. The molecule has 7 nitrogen and oxygen atoms in total. The van der Waals surface area contributed by atoms with Crippen LogP contribution in [0.1, 0.15) is 57.0 Å². The number of amides is 2. The highest BCUT2D eigenvalue weighted by atomic mass is 32.2. The predicted molar refractivity (Wildman–Crippen MR) is 110 cm³/mol. The van der Waals surface area contributed by atoms with E-state index in [0.29, 0.717) is 29.8 Å². The maximum absolute atomic E-state index is 12.5. The molecule has 0 aliphatic rings. The van der Waals surface area contributed by atoms with E-state index in [0.717, 1.165) is 22.5 Å². The van der Waals surface area contributed by atoms with Crippen LogP contribution in [0.5, 0.6) is 0 Å². The molecule has 0 spiro atoms. The summed E-state index contributed by atoms with van der Waals surface area (Å²) in [6.45, 7) is 9.60. The van der Waals surface area contributed by atoms with E-state index < -0.39 is 16.1 Å². The van der Waals surface area contributed by atoms with E-state index >= 15 is 0 Å². The number of carbonyl (C=O) groups excluding carboxylic acids is 1. The normalized spacial score (nSPS) is 11.7. The Kier molecular flexibility index (Phi) is 6.47. The molecular formula is C19H24N4O3S2. The van der Waals surface area contributed by atoms with Gasteiger partial charge in [0.15, 0.2) is 0 Å². The lowest BCUT2D eigenvalue weighted by Gasteiger charge is -2.16. The third kappa shape index (κ3) is 4.88. The van der Waals surface area contributed by atoms with Gasteiger partial charge >= 0.3 is 6.03 Å². The van der Waals surface area contributed by atoms with E-state index in [4.69, 9.17) is 5.26 Å². The SMILES string of the molecule is CCc1cc(C#N)cc(CC)c1NC(=O)NS(=O)(=O)c1nc(C(C)(C)C)cs1. The molecule has 0 aliphatic carbocycles. The Morgan fingerprint density at radius 2 is 1.79 bits per heavy atom. The van der Waals surface area contributed by atoms with Crippen molar-refractivity contribution in [3.8, 4) is 6.07 Å². The Balaban J connectivity index is 2.27. The fraction of sp³-hybridized carbons (Fsp3) is 0.421. The Bertz CT molecular complexity index is 1000. The second-order valence-electron chi connectivity index (χ2n) is 7.30. The molecule has 2 aromatic rings. The Labute approximate surface area is 169 Å². The number of hydrogen-bond acceptors (Lipinski definition) is 6. The van der Waals surface area contributed by atoms with Crippen LogP contribution in [-0.4, -0.2) is 19.4 Å². The van der Waals surface area contributed by atoms with Crippen LogP contribution in [0.4, 0.5) is 10.5 Å². The number of aryl methyl sites for hydroxylation is 2. The van der Waals surface area contributed by atoms with Gasteiger partial charge in [-0.3, -0.25) is 0 Å². The van der Waals surface area contributed by atoms with Gasteiger partial charge in [0.05, 0.1) is 17.3 Å². The van der Waals surface area contributed by atoms with Gasteiger partial charge in [0.1, 0.15) is 0 Å². The quantitative estimate of drug-likeness (QED) is 0.761. The third-order valence-electron chi connectivity index (χ3n) is 4.14. The summed E-state index contributed by atoms with van der Waals surface area (Å²) in [7, 11) is -4.08. The van der Waals surface area contributed by atoms with Gasteiger partial charge in [0.25, 0.3) is 10.0 Å². The molecule has 0 saturated carbocycles. The van der Waals surface area contributed by atoms with Crippen molar-refractivity contribution in [1.29, 1.82) is 5.26 Å².